The van der Waals surface area contributed by atoms with E-state index in [0.717, 1.165) is 12.8 Å². The maximum Gasteiger partial charge on any atom is 0.259 e. The monoisotopic (exact) mass is 227 g/mol. The molecule has 0 saturated carbocycles. The molecule has 1 atom stereocenters. The maximum absolute atomic E-state index is 12.2. The van der Waals surface area contributed by atoms with Gasteiger partial charge in [0, 0.05) is 6.54 Å². The second-order valence-corrected chi connectivity index (χ2v) is 4.41. The Bertz CT molecular complexity index is 284. The Kier molecular flexibility index (Phi) is 4.08. The van der Waals surface area contributed by atoms with Crippen molar-refractivity contribution in [1.29, 1.82) is 0 Å². The molecule has 1 heterocycles. The third kappa shape index (κ3) is 1.75. The summed E-state index contributed by atoms with van der Waals surface area (Å²) in [4.78, 5) is 25.2. The Morgan fingerprint density at radius 3 is 2.19 bits per heavy atom. The van der Waals surface area contributed by atoms with Crippen LogP contribution in [0.3, 0.4) is 0 Å². The lowest BCUT2D eigenvalue weighted by atomic mass is 9.79. The average Bonchev–Trinajstić information content (AvgIpc) is 2.47. The van der Waals surface area contributed by atoms with Crippen molar-refractivity contribution >= 4 is 11.8 Å². The van der Waals surface area contributed by atoms with Crippen LogP contribution < -0.4 is 0 Å². The molecule has 0 unspecified atom stereocenters. The summed E-state index contributed by atoms with van der Waals surface area (Å²) < 4.78 is 0. The number of carbonyl (C=O) groups excluding carboxylic acids is 2. The van der Waals surface area contributed by atoms with Gasteiger partial charge in [0.2, 0.25) is 5.91 Å². The Hall–Kier alpha value is -0.900. The fraction of sp³-hybridized carbons (Fsp3) is 0.833. The molecule has 0 spiro atoms. The molecule has 0 aromatic heterocycles. The summed E-state index contributed by atoms with van der Waals surface area (Å²) in [7, 11) is 0. The number of likely N-dealkylation sites (tertiary alicyclic amines) is 1. The van der Waals surface area contributed by atoms with Crippen LogP contribution in [0.4, 0.5) is 0 Å². The van der Waals surface area contributed by atoms with Gasteiger partial charge in [-0.15, -0.1) is 0 Å². The first-order valence-electron chi connectivity index (χ1n) is 6.09. The van der Waals surface area contributed by atoms with E-state index in [2.05, 4.69) is 0 Å². The minimum Gasteiger partial charge on any atom is -0.382 e. The highest BCUT2D eigenvalue weighted by Crippen LogP contribution is 2.39. The third-order valence-corrected chi connectivity index (χ3v) is 3.69. The fourth-order valence-corrected chi connectivity index (χ4v) is 2.34. The molecule has 4 heteroatoms. The smallest absolute Gasteiger partial charge is 0.259 e. The molecule has 2 amide bonds. The zero-order chi connectivity index (χ0) is 12.3. The van der Waals surface area contributed by atoms with Gasteiger partial charge in [-0.25, -0.2) is 0 Å². The molecule has 1 rings (SSSR count). The maximum atomic E-state index is 12.2. The van der Waals surface area contributed by atoms with Crippen molar-refractivity contribution in [2.75, 3.05) is 6.54 Å². The van der Waals surface area contributed by atoms with Gasteiger partial charge < -0.3 is 5.11 Å². The summed E-state index contributed by atoms with van der Waals surface area (Å²) >= 11 is 0. The molecule has 0 radical (unpaired) electrons. The highest BCUT2D eigenvalue weighted by molar-refractivity contribution is 6.08. The molecule has 0 aliphatic carbocycles. The predicted octanol–water partition coefficient (Wildman–Crippen LogP) is 1.32. The van der Waals surface area contributed by atoms with Crippen molar-refractivity contribution in [3.63, 3.8) is 0 Å². The van der Waals surface area contributed by atoms with Crippen molar-refractivity contribution in [1.82, 2.24) is 4.90 Å². The van der Waals surface area contributed by atoms with Crippen LogP contribution in [0.5, 0.6) is 0 Å². The van der Waals surface area contributed by atoms with Crippen LogP contribution in [-0.2, 0) is 9.59 Å². The summed E-state index contributed by atoms with van der Waals surface area (Å²) in [6, 6.07) is 0. The second kappa shape index (κ2) is 4.95. The van der Waals surface area contributed by atoms with Gasteiger partial charge in [-0.05, 0) is 19.3 Å². The first-order valence-corrected chi connectivity index (χ1v) is 6.09. The van der Waals surface area contributed by atoms with E-state index in [-0.39, 0.29) is 5.91 Å². The number of amides is 2. The second-order valence-electron chi connectivity index (χ2n) is 4.41. The Morgan fingerprint density at radius 2 is 1.81 bits per heavy atom. The molecule has 0 aromatic carbocycles. The van der Waals surface area contributed by atoms with Gasteiger partial charge in [0.15, 0.2) is 0 Å². The van der Waals surface area contributed by atoms with Gasteiger partial charge in [-0.3, -0.25) is 14.5 Å². The van der Waals surface area contributed by atoms with E-state index < -0.39 is 17.4 Å². The summed E-state index contributed by atoms with van der Waals surface area (Å²) in [6.07, 6.45) is 1.61. The topological polar surface area (TPSA) is 57.6 Å². The Balaban J connectivity index is 2.93. The lowest BCUT2D eigenvalue weighted by Gasteiger charge is -2.25. The molecule has 4 nitrogen and oxygen atoms in total. The lowest BCUT2D eigenvalue weighted by molar-refractivity contribution is -0.141. The van der Waals surface area contributed by atoms with Crippen molar-refractivity contribution < 1.29 is 14.7 Å². The van der Waals surface area contributed by atoms with E-state index in [4.69, 9.17) is 0 Å². The molecule has 1 saturated heterocycles. The number of hydrogen-bond acceptors (Lipinski definition) is 3. The Morgan fingerprint density at radius 1 is 1.25 bits per heavy atom. The van der Waals surface area contributed by atoms with E-state index >= 15 is 0 Å². The predicted molar refractivity (Wildman–Crippen MR) is 60.6 cm³/mol. The first kappa shape index (κ1) is 13.2. The minimum atomic E-state index is -1.15. The summed E-state index contributed by atoms with van der Waals surface area (Å²) in [5, 5.41) is 9.94. The van der Waals surface area contributed by atoms with Gasteiger partial charge in [-0.2, -0.15) is 0 Å². The number of aliphatic hydroxyl groups is 1. The molecular weight excluding hydrogens is 206 g/mol. The number of nitrogens with zero attached hydrogens (tertiary/aromatic N) is 1. The lowest BCUT2D eigenvalue weighted by Crippen LogP contribution is -2.37. The van der Waals surface area contributed by atoms with Crippen molar-refractivity contribution in [3.8, 4) is 0 Å². The highest BCUT2D eigenvalue weighted by Gasteiger charge is 2.56. The largest absolute Gasteiger partial charge is 0.382 e. The normalized spacial score (nSPS) is 24.2. The number of hydrogen-bond donors (Lipinski definition) is 1. The van der Waals surface area contributed by atoms with Crippen LogP contribution in [0.25, 0.3) is 0 Å². The van der Waals surface area contributed by atoms with Crippen LogP contribution in [-0.4, -0.2) is 34.5 Å². The van der Waals surface area contributed by atoms with Crippen LogP contribution in [0.15, 0.2) is 0 Å². The number of aliphatic hydroxyl groups excluding tert-OH is 1. The van der Waals surface area contributed by atoms with Crippen LogP contribution in [0.2, 0.25) is 0 Å². The quantitative estimate of drug-likeness (QED) is 0.721. The highest BCUT2D eigenvalue weighted by atomic mass is 16.3. The van der Waals surface area contributed by atoms with Gasteiger partial charge in [-0.1, -0.05) is 27.2 Å². The molecule has 92 valence electrons. The van der Waals surface area contributed by atoms with Crippen LogP contribution in [0, 0.1) is 5.41 Å². The molecule has 0 bridgehead atoms. The van der Waals surface area contributed by atoms with E-state index in [1.807, 2.05) is 20.8 Å². The summed E-state index contributed by atoms with van der Waals surface area (Å²) in [5.41, 5.74) is -0.870. The van der Waals surface area contributed by atoms with Crippen molar-refractivity contribution in [2.45, 2.75) is 52.6 Å². The average molecular weight is 227 g/mol. The zero-order valence-electron chi connectivity index (χ0n) is 10.3. The standard InChI is InChI=1S/C12H21NO3/c1-4-7-8-13-10(15)9(14)12(5-2,6-3)11(13)16/h9,14H,4-8H2,1-3H3/t9-/m0/s1. The van der Waals surface area contributed by atoms with Crippen LogP contribution in [0.1, 0.15) is 46.5 Å². The van der Waals surface area contributed by atoms with Crippen LogP contribution >= 0.6 is 0 Å². The van der Waals surface area contributed by atoms with E-state index in [0.29, 0.717) is 19.4 Å². The molecule has 1 aliphatic rings. The van der Waals surface area contributed by atoms with Gasteiger partial charge in [0.1, 0.15) is 6.10 Å². The molecule has 16 heavy (non-hydrogen) atoms. The fourth-order valence-electron chi connectivity index (χ4n) is 2.34. The van der Waals surface area contributed by atoms with Gasteiger partial charge in [0.25, 0.3) is 5.91 Å². The SMILES string of the molecule is CCCCN1C(=O)[C@H](O)C(CC)(CC)C1=O. The Labute approximate surface area is 96.6 Å². The van der Waals surface area contributed by atoms with E-state index in [9.17, 15) is 14.7 Å². The number of unbranched alkanes of at least 4 members (excludes halogenated alkanes) is 1. The zero-order valence-corrected chi connectivity index (χ0v) is 10.3. The summed E-state index contributed by atoms with van der Waals surface area (Å²) in [6.45, 7) is 6.14. The molecule has 0 aromatic rings. The first-order chi connectivity index (χ1) is 7.55. The molecule has 1 N–H and O–H groups in total. The number of carbonyl (C=O) groups is 2. The summed E-state index contributed by atoms with van der Waals surface area (Å²) in [5.74, 6) is -0.606. The van der Waals surface area contributed by atoms with E-state index in [1.54, 1.807) is 0 Å². The molecular formula is C12H21NO3. The molecule has 1 aliphatic heterocycles. The number of imide groups is 1. The van der Waals surface area contributed by atoms with Gasteiger partial charge >= 0.3 is 0 Å². The van der Waals surface area contributed by atoms with Crippen molar-refractivity contribution in [3.05, 3.63) is 0 Å². The minimum absolute atomic E-state index is 0.191. The number of rotatable bonds is 5. The third-order valence-electron chi connectivity index (χ3n) is 3.69. The van der Waals surface area contributed by atoms with Crippen molar-refractivity contribution in [2.24, 2.45) is 5.41 Å². The molecule has 1 fully saturated rings. The van der Waals surface area contributed by atoms with Gasteiger partial charge in [0.05, 0.1) is 5.41 Å². The van der Waals surface area contributed by atoms with E-state index in [1.165, 1.54) is 4.90 Å².